The molecule has 13 heteroatoms. The minimum atomic E-state index is -4.49. The van der Waals surface area contributed by atoms with Gasteiger partial charge in [0.25, 0.3) is 6.43 Å². The number of anilines is 2. The summed E-state index contributed by atoms with van der Waals surface area (Å²) in [7, 11) is 0. The summed E-state index contributed by atoms with van der Waals surface area (Å²) in [6.07, 6.45) is -2.21. The zero-order valence-corrected chi connectivity index (χ0v) is 17.1. The number of pyridine rings is 1. The number of hydrogen-bond donors (Lipinski definition) is 0. The second-order valence-electron chi connectivity index (χ2n) is 8.38. The average Bonchev–Trinajstić information content (AvgIpc) is 3.13. The molecule has 1 amide bonds. The van der Waals surface area contributed by atoms with Crippen LogP contribution in [0.5, 0.6) is 0 Å². The van der Waals surface area contributed by atoms with Crippen LogP contribution in [0.2, 0.25) is 0 Å². The van der Waals surface area contributed by atoms with Crippen molar-refractivity contribution in [2.45, 2.75) is 32.0 Å². The van der Waals surface area contributed by atoms with Crippen LogP contribution in [0.15, 0.2) is 30.7 Å². The Balaban J connectivity index is 1.26. The van der Waals surface area contributed by atoms with Crippen LogP contribution < -0.4 is 9.80 Å². The molecule has 0 saturated carbocycles. The molecule has 174 valence electrons. The number of fused-ring (bicyclic) bond motifs is 1. The number of amides is 1. The SMILES string of the molecule is O=C1CC2(CCN1c1cnc3cnn(CC(F)F)c3n1)CN(c1ccc(C(F)(F)F)nc1)C2. The molecule has 0 bridgehead atoms. The fourth-order valence-corrected chi connectivity index (χ4v) is 4.41. The third kappa shape index (κ3) is 3.95. The Morgan fingerprint density at radius 1 is 1.09 bits per heavy atom. The van der Waals surface area contributed by atoms with Crippen LogP contribution >= 0.6 is 0 Å². The lowest BCUT2D eigenvalue weighted by molar-refractivity contribution is -0.141. The Kier molecular flexibility index (Phi) is 4.94. The molecule has 0 radical (unpaired) electrons. The van der Waals surface area contributed by atoms with Crippen LogP contribution in [0.3, 0.4) is 0 Å². The number of alkyl halides is 5. The molecule has 5 heterocycles. The quantitative estimate of drug-likeness (QED) is 0.549. The molecule has 0 unspecified atom stereocenters. The Bertz CT molecular complexity index is 1190. The van der Waals surface area contributed by atoms with Crippen LogP contribution in [0.4, 0.5) is 33.5 Å². The van der Waals surface area contributed by atoms with E-state index in [4.69, 9.17) is 0 Å². The first kappa shape index (κ1) is 21.5. The van der Waals surface area contributed by atoms with E-state index < -0.39 is 24.8 Å². The minimum Gasteiger partial charge on any atom is -0.369 e. The Labute approximate surface area is 184 Å². The highest BCUT2D eigenvalue weighted by Crippen LogP contribution is 2.43. The Morgan fingerprint density at radius 3 is 2.52 bits per heavy atom. The van der Waals surface area contributed by atoms with E-state index in [0.29, 0.717) is 37.3 Å². The molecular weight excluding hydrogens is 449 g/mol. The van der Waals surface area contributed by atoms with Crippen molar-refractivity contribution in [2.24, 2.45) is 5.41 Å². The summed E-state index contributed by atoms with van der Waals surface area (Å²) in [4.78, 5) is 28.3. The molecule has 3 aromatic heterocycles. The number of rotatable bonds is 4. The number of halogens is 5. The second-order valence-corrected chi connectivity index (χ2v) is 8.38. The van der Waals surface area contributed by atoms with Gasteiger partial charge in [-0.15, -0.1) is 0 Å². The number of aromatic nitrogens is 5. The highest BCUT2D eigenvalue weighted by molar-refractivity contribution is 5.94. The number of hydrogen-bond acceptors (Lipinski definition) is 6. The van der Waals surface area contributed by atoms with E-state index in [1.165, 1.54) is 29.6 Å². The molecule has 0 aromatic carbocycles. The molecule has 0 N–H and O–H groups in total. The van der Waals surface area contributed by atoms with Gasteiger partial charge in [0.05, 0.1) is 24.3 Å². The monoisotopic (exact) mass is 467 g/mol. The second kappa shape index (κ2) is 7.59. The summed E-state index contributed by atoms with van der Waals surface area (Å²) < 4.78 is 64.7. The van der Waals surface area contributed by atoms with Gasteiger partial charge in [0.2, 0.25) is 5.91 Å². The van der Waals surface area contributed by atoms with Crippen molar-refractivity contribution in [1.29, 1.82) is 0 Å². The van der Waals surface area contributed by atoms with E-state index in [9.17, 15) is 26.7 Å². The minimum absolute atomic E-state index is 0.167. The molecule has 2 aliphatic heterocycles. The number of piperidine rings is 1. The molecule has 0 aliphatic carbocycles. The van der Waals surface area contributed by atoms with E-state index in [1.54, 1.807) is 0 Å². The van der Waals surface area contributed by atoms with Crippen molar-refractivity contribution < 1.29 is 26.7 Å². The normalized spacial score (nSPS) is 18.4. The lowest BCUT2D eigenvalue weighted by Crippen LogP contribution is -2.62. The first-order valence-electron chi connectivity index (χ1n) is 10.2. The van der Waals surface area contributed by atoms with Gasteiger partial charge in [0.1, 0.15) is 17.8 Å². The van der Waals surface area contributed by atoms with Gasteiger partial charge in [-0.25, -0.2) is 28.4 Å². The molecule has 2 saturated heterocycles. The maximum Gasteiger partial charge on any atom is 0.433 e. The van der Waals surface area contributed by atoms with Crippen molar-refractivity contribution >= 4 is 28.6 Å². The lowest BCUT2D eigenvalue weighted by atomic mass is 9.71. The molecule has 2 fully saturated rings. The molecule has 5 rings (SSSR count). The van der Waals surface area contributed by atoms with Crippen molar-refractivity contribution in [1.82, 2.24) is 24.7 Å². The van der Waals surface area contributed by atoms with Crippen molar-refractivity contribution in [3.05, 3.63) is 36.4 Å². The van der Waals surface area contributed by atoms with Crippen molar-refractivity contribution in [3.8, 4) is 0 Å². The van der Waals surface area contributed by atoms with E-state index in [0.717, 1.165) is 10.7 Å². The van der Waals surface area contributed by atoms with E-state index >= 15 is 0 Å². The maximum atomic E-state index is 12.9. The summed E-state index contributed by atoms with van der Waals surface area (Å²) in [5.74, 6) is 0.113. The fourth-order valence-electron chi connectivity index (χ4n) is 4.41. The molecule has 1 spiro atoms. The van der Waals surface area contributed by atoms with Crippen molar-refractivity contribution in [3.63, 3.8) is 0 Å². The predicted molar refractivity (Wildman–Crippen MR) is 107 cm³/mol. The number of carbonyl (C=O) groups excluding carboxylic acids is 1. The fraction of sp³-hybridized carbons (Fsp3) is 0.450. The smallest absolute Gasteiger partial charge is 0.369 e. The highest BCUT2D eigenvalue weighted by atomic mass is 19.4. The molecule has 0 atom stereocenters. The van der Waals surface area contributed by atoms with Crippen LogP contribution in [0, 0.1) is 5.41 Å². The Morgan fingerprint density at radius 2 is 1.88 bits per heavy atom. The topological polar surface area (TPSA) is 80.0 Å². The highest BCUT2D eigenvalue weighted by Gasteiger charge is 2.48. The van der Waals surface area contributed by atoms with Crippen LogP contribution in [0.1, 0.15) is 18.5 Å². The van der Waals surface area contributed by atoms with Gasteiger partial charge in [0, 0.05) is 31.5 Å². The zero-order valence-electron chi connectivity index (χ0n) is 17.1. The van der Waals surface area contributed by atoms with Crippen LogP contribution in [-0.4, -0.2) is 56.7 Å². The summed E-state index contributed by atoms with van der Waals surface area (Å²) in [6.45, 7) is 0.825. The largest absolute Gasteiger partial charge is 0.433 e. The van der Waals surface area contributed by atoms with Gasteiger partial charge >= 0.3 is 6.18 Å². The summed E-state index contributed by atoms with van der Waals surface area (Å²) in [5, 5.41) is 3.88. The molecule has 33 heavy (non-hydrogen) atoms. The first-order valence-corrected chi connectivity index (χ1v) is 10.2. The summed E-state index contributed by atoms with van der Waals surface area (Å²) in [5.41, 5.74) is -0.0960. The summed E-state index contributed by atoms with van der Waals surface area (Å²) >= 11 is 0. The molecule has 8 nitrogen and oxygen atoms in total. The number of nitrogens with zero attached hydrogens (tertiary/aromatic N) is 7. The van der Waals surface area contributed by atoms with Gasteiger partial charge in [0.15, 0.2) is 11.5 Å². The number of carbonyl (C=O) groups is 1. The zero-order chi connectivity index (χ0) is 23.4. The third-order valence-electron chi connectivity index (χ3n) is 6.07. The third-order valence-corrected chi connectivity index (χ3v) is 6.07. The molecule has 2 aliphatic rings. The summed E-state index contributed by atoms with van der Waals surface area (Å²) in [6, 6.07) is 2.33. The van der Waals surface area contributed by atoms with Gasteiger partial charge in [-0.2, -0.15) is 18.3 Å². The Hall–Kier alpha value is -3.38. The van der Waals surface area contributed by atoms with Gasteiger partial charge < -0.3 is 4.90 Å². The standard InChI is InChI=1S/C20H18F5N7O/c21-15(22)9-32-18-13(7-28-32)26-8-16(29-18)31-4-3-19(5-17(31)33)10-30(11-19)12-1-2-14(27-6-12)20(23,24)25/h1-2,6-8,15H,3-5,9-11H2. The van der Waals surface area contributed by atoms with Gasteiger partial charge in [-0.1, -0.05) is 0 Å². The maximum absolute atomic E-state index is 12.9. The van der Waals surface area contributed by atoms with Gasteiger partial charge in [-0.05, 0) is 18.6 Å². The molecular formula is C20H18F5N7O. The van der Waals surface area contributed by atoms with Crippen molar-refractivity contribution in [2.75, 3.05) is 29.4 Å². The van der Waals surface area contributed by atoms with E-state index in [2.05, 4.69) is 20.1 Å². The van der Waals surface area contributed by atoms with Crippen LogP contribution in [0.25, 0.3) is 11.2 Å². The predicted octanol–water partition coefficient (Wildman–Crippen LogP) is 3.14. The first-order chi connectivity index (χ1) is 15.6. The van der Waals surface area contributed by atoms with Gasteiger partial charge in [-0.3, -0.25) is 9.69 Å². The molecule has 3 aromatic rings. The average molecular weight is 467 g/mol. The lowest BCUT2D eigenvalue weighted by Gasteiger charge is -2.54. The van der Waals surface area contributed by atoms with Crippen LogP contribution in [-0.2, 0) is 17.5 Å². The van der Waals surface area contributed by atoms with E-state index in [1.807, 2.05) is 4.90 Å². The van der Waals surface area contributed by atoms with E-state index in [-0.39, 0.29) is 29.2 Å².